The third-order valence-electron chi connectivity index (χ3n) is 2.71. The van der Waals surface area contributed by atoms with Crippen LogP contribution in [0, 0.1) is 12.7 Å². The molecule has 0 saturated carbocycles. The van der Waals surface area contributed by atoms with Crippen molar-refractivity contribution in [3.05, 3.63) is 65.5 Å². The summed E-state index contributed by atoms with van der Waals surface area (Å²) in [6.07, 6.45) is 0.406. The lowest BCUT2D eigenvalue weighted by atomic mass is 10.1. The number of carbonyl (C=O) groups excluding carboxylic acids is 1. The first-order chi connectivity index (χ1) is 9.15. The van der Waals surface area contributed by atoms with Crippen molar-refractivity contribution in [2.45, 2.75) is 18.2 Å². The number of rotatable bonds is 5. The van der Waals surface area contributed by atoms with Gasteiger partial charge in [0.05, 0.1) is 5.75 Å². The Hall–Kier alpha value is -1.61. The van der Waals surface area contributed by atoms with E-state index in [1.807, 2.05) is 31.2 Å². The van der Waals surface area contributed by atoms with Crippen LogP contribution in [-0.4, -0.2) is 11.5 Å². The molecule has 19 heavy (non-hydrogen) atoms. The van der Waals surface area contributed by atoms with Crippen LogP contribution in [0.1, 0.15) is 11.1 Å². The summed E-state index contributed by atoms with van der Waals surface area (Å²) in [7, 11) is 0. The van der Waals surface area contributed by atoms with Crippen LogP contribution in [0.15, 0.2) is 53.4 Å². The average Bonchev–Trinajstić information content (AvgIpc) is 2.38. The van der Waals surface area contributed by atoms with Crippen molar-refractivity contribution in [3.63, 3.8) is 0 Å². The molecule has 2 rings (SSSR count). The quantitative estimate of drug-likeness (QED) is 0.765. The van der Waals surface area contributed by atoms with Gasteiger partial charge < -0.3 is 0 Å². The van der Waals surface area contributed by atoms with Crippen molar-refractivity contribution in [3.8, 4) is 0 Å². The molecule has 3 heteroatoms. The first-order valence-electron chi connectivity index (χ1n) is 6.10. The molecule has 0 aliphatic carbocycles. The van der Waals surface area contributed by atoms with E-state index >= 15 is 0 Å². The molecular formula is C16H15FOS. The number of hydrogen-bond donors (Lipinski definition) is 0. The smallest absolute Gasteiger partial charge is 0.147 e. The zero-order chi connectivity index (χ0) is 13.7. The van der Waals surface area contributed by atoms with Crippen molar-refractivity contribution < 1.29 is 9.18 Å². The Morgan fingerprint density at radius 2 is 1.95 bits per heavy atom. The van der Waals surface area contributed by atoms with Gasteiger partial charge >= 0.3 is 0 Å². The average molecular weight is 274 g/mol. The fourth-order valence-electron chi connectivity index (χ4n) is 1.82. The van der Waals surface area contributed by atoms with Gasteiger partial charge in [0.25, 0.3) is 0 Å². The summed E-state index contributed by atoms with van der Waals surface area (Å²) in [4.78, 5) is 12.4. The lowest BCUT2D eigenvalue weighted by molar-refractivity contribution is -0.116. The molecule has 0 aliphatic rings. The number of ketones is 1. The van der Waals surface area contributed by atoms with Crippen LogP contribution in [0.5, 0.6) is 0 Å². The van der Waals surface area contributed by atoms with Gasteiger partial charge in [-0.25, -0.2) is 4.39 Å². The summed E-state index contributed by atoms with van der Waals surface area (Å²) in [6.45, 7) is 2.00. The van der Waals surface area contributed by atoms with E-state index in [0.29, 0.717) is 17.1 Å². The van der Waals surface area contributed by atoms with Gasteiger partial charge in [-0.2, -0.15) is 0 Å². The van der Waals surface area contributed by atoms with E-state index in [4.69, 9.17) is 0 Å². The van der Waals surface area contributed by atoms with Crippen molar-refractivity contribution in [1.82, 2.24) is 0 Å². The molecule has 0 N–H and O–H groups in total. The zero-order valence-electron chi connectivity index (χ0n) is 10.7. The van der Waals surface area contributed by atoms with Gasteiger partial charge in [0.15, 0.2) is 0 Å². The molecular weight excluding hydrogens is 259 g/mol. The van der Waals surface area contributed by atoms with Crippen LogP contribution in [0.2, 0.25) is 0 Å². The minimum absolute atomic E-state index is 0.110. The van der Waals surface area contributed by atoms with E-state index in [9.17, 15) is 9.18 Å². The monoisotopic (exact) mass is 274 g/mol. The molecule has 0 amide bonds. The maximum Gasteiger partial charge on any atom is 0.147 e. The molecule has 0 aromatic heterocycles. The number of aryl methyl sites for hydroxylation is 1. The molecule has 0 aliphatic heterocycles. The van der Waals surface area contributed by atoms with Crippen molar-refractivity contribution in [2.75, 3.05) is 5.75 Å². The number of benzene rings is 2. The first-order valence-corrected chi connectivity index (χ1v) is 7.08. The number of thioether (sulfide) groups is 1. The highest BCUT2D eigenvalue weighted by atomic mass is 32.2. The zero-order valence-corrected chi connectivity index (χ0v) is 11.5. The number of halogens is 1. The predicted molar refractivity (Wildman–Crippen MR) is 77.0 cm³/mol. The molecule has 0 unspecified atom stereocenters. The Labute approximate surface area is 116 Å². The van der Waals surface area contributed by atoms with E-state index in [1.54, 1.807) is 18.2 Å². The summed E-state index contributed by atoms with van der Waals surface area (Å²) >= 11 is 1.25. The number of Topliss-reactive ketones (excluding diaryl/α,β-unsaturated/α-hetero) is 1. The summed E-state index contributed by atoms with van der Waals surface area (Å²) in [5.74, 6) is 0.143. The third-order valence-corrected chi connectivity index (χ3v) is 3.82. The molecule has 0 fully saturated rings. The first kappa shape index (κ1) is 13.8. The molecule has 2 aromatic carbocycles. The van der Waals surface area contributed by atoms with Crippen molar-refractivity contribution in [1.29, 1.82) is 0 Å². The van der Waals surface area contributed by atoms with Crippen LogP contribution in [-0.2, 0) is 11.2 Å². The summed E-state index contributed by atoms with van der Waals surface area (Å²) < 4.78 is 13.4. The second kappa shape index (κ2) is 6.53. The lowest BCUT2D eigenvalue weighted by Gasteiger charge is -2.04. The highest BCUT2D eigenvalue weighted by Crippen LogP contribution is 2.21. The van der Waals surface area contributed by atoms with Gasteiger partial charge in [0, 0.05) is 11.3 Å². The molecule has 2 aromatic rings. The Balaban J connectivity index is 1.90. The molecule has 98 valence electrons. The van der Waals surface area contributed by atoms with Crippen molar-refractivity contribution in [2.24, 2.45) is 0 Å². The summed E-state index contributed by atoms with van der Waals surface area (Å²) in [6, 6.07) is 14.4. The van der Waals surface area contributed by atoms with E-state index in [2.05, 4.69) is 0 Å². The van der Waals surface area contributed by atoms with E-state index < -0.39 is 0 Å². The molecule has 0 bridgehead atoms. The van der Waals surface area contributed by atoms with Crippen molar-refractivity contribution >= 4 is 17.5 Å². The maximum absolute atomic E-state index is 13.4. The summed E-state index contributed by atoms with van der Waals surface area (Å²) in [5, 5.41) is 0. The lowest BCUT2D eigenvalue weighted by Crippen LogP contribution is -2.06. The Kier molecular flexibility index (Phi) is 4.74. The molecule has 0 atom stereocenters. The molecule has 0 saturated heterocycles. The predicted octanol–water partition coefficient (Wildman–Crippen LogP) is 4.04. The van der Waals surface area contributed by atoms with Gasteiger partial charge in [0.1, 0.15) is 11.6 Å². The Morgan fingerprint density at radius 3 is 2.68 bits per heavy atom. The topological polar surface area (TPSA) is 17.1 Å². The van der Waals surface area contributed by atoms with E-state index in [-0.39, 0.29) is 11.6 Å². The maximum atomic E-state index is 13.4. The minimum Gasteiger partial charge on any atom is -0.298 e. The fourth-order valence-corrected chi connectivity index (χ4v) is 2.62. The van der Waals surface area contributed by atoms with Crippen LogP contribution < -0.4 is 0 Å². The normalized spacial score (nSPS) is 10.4. The molecule has 0 radical (unpaired) electrons. The Morgan fingerprint density at radius 1 is 1.16 bits per heavy atom. The molecule has 0 heterocycles. The number of hydrogen-bond acceptors (Lipinski definition) is 2. The van der Waals surface area contributed by atoms with Crippen LogP contribution in [0.3, 0.4) is 0 Å². The minimum atomic E-state index is -0.268. The molecule has 1 nitrogen and oxygen atoms in total. The number of carbonyl (C=O) groups is 1. The van der Waals surface area contributed by atoms with Gasteiger partial charge in [-0.05, 0) is 24.6 Å². The van der Waals surface area contributed by atoms with E-state index in [1.165, 1.54) is 17.8 Å². The molecule has 0 spiro atoms. The van der Waals surface area contributed by atoms with Crippen LogP contribution in [0.4, 0.5) is 4.39 Å². The Bertz CT molecular complexity index is 580. The van der Waals surface area contributed by atoms with Gasteiger partial charge in [-0.1, -0.05) is 42.0 Å². The summed E-state index contributed by atoms with van der Waals surface area (Å²) in [5.41, 5.74) is 2.16. The largest absolute Gasteiger partial charge is 0.298 e. The van der Waals surface area contributed by atoms with Crippen LogP contribution >= 0.6 is 11.8 Å². The fraction of sp³-hybridized carbons (Fsp3) is 0.188. The van der Waals surface area contributed by atoms with E-state index in [0.717, 1.165) is 11.1 Å². The standard InChI is InChI=1S/C16H15FOS/c1-12-5-4-6-13(9-12)10-14(18)11-19-16-8-3-2-7-15(16)17/h2-9H,10-11H2,1H3. The SMILES string of the molecule is Cc1cccc(CC(=O)CSc2ccccc2F)c1. The van der Waals surface area contributed by atoms with Gasteiger partial charge in [-0.15, -0.1) is 11.8 Å². The van der Waals surface area contributed by atoms with Gasteiger partial charge in [-0.3, -0.25) is 4.79 Å². The highest BCUT2D eigenvalue weighted by molar-refractivity contribution is 8.00. The second-order valence-electron chi connectivity index (χ2n) is 4.42. The third kappa shape index (κ3) is 4.21. The highest BCUT2D eigenvalue weighted by Gasteiger charge is 2.07. The second-order valence-corrected chi connectivity index (χ2v) is 5.44. The van der Waals surface area contributed by atoms with Crippen LogP contribution in [0.25, 0.3) is 0 Å². The van der Waals surface area contributed by atoms with Gasteiger partial charge in [0.2, 0.25) is 0 Å².